The Labute approximate surface area is 93.4 Å². The predicted octanol–water partition coefficient (Wildman–Crippen LogP) is 1.34. The lowest BCUT2D eigenvalue weighted by atomic mass is 10.2. The summed E-state index contributed by atoms with van der Waals surface area (Å²) in [6.07, 6.45) is 0.799. The summed E-state index contributed by atoms with van der Waals surface area (Å²) < 4.78 is 27.2. The van der Waals surface area contributed by atoms with Gasteiger partial charge in [-0.3, -0.25) is 4.89 Å². The zero-order chi connectivity index (χ0) is 12.2. The van der Waals surface area contributed by atoms with Crippen LogP contribution in [0.15, 0.2) is 41.8 Å². The van der Waals surface area contributed by atoms with Gasteiger partial charge in [-0.25, -0.2) is 4.79 Å². The summed E-state index contributed by atoms with van der Waals surface area (Å²) in [6, 6.07) is 6.18. The minimum absolute atomic E-state index is 0.0492. The quantitative estimate of drug-likeness (QED) is 0.452. The Bertz CT molecular complexity index is 504. The summed E-state index contributed by atoms with van der Waals surface area (Å²) >= 11 is 0. The van der Waals surface area contributed by atoms with Gasteiger partial charge in [-0.1, -0.05) is 24.8 Å². The molecule has 6 heteroatoms. The van der Waals surface area contributed by atoms with Gasteiger partial charge in [0.1, 0.15) is 4.90 Å². The van der Waals surface area contributed by atoms with E-state index in [2.05, 4.69) is 15.8 Å². The summed E-state index contributed by atoms with van der Waals surface area (Å²) in [5.74, 6) is -0.975. The fraction of sp³-hybridized carbons (Fsp3) is 0.100. The molecule has 0 bridgehead atoms. The molecule has 0 spiro atoms. The smallest absolute Gasteiger partial charge is 0.276 e. The molecule has 0 aliphatic carbocycles. The first-order valence-corrected chi connectivity index (χ1v) is 5.71. The first-order chi connectivity index (χ1) is 7.47. The molecule has 5 nitrogen and oxygen atoms in total. The number of carbonyl (C=O) groups excluding carboxylic acids is 1. The van der Waals surface area contributed by atoms with E-state index in [1.54, 1.807) is 25.1 Å². The predicted molar refractivity (Wildman–Crippen MR) is 55.7 cm³/mol. The van der Waals surface area contributed by atoms with Crippen molar-refractivity contribution >= 4 is 16.1 Å². The molecule has 1 rings (SSSR count). The minimum atomic E-state index is -4.09. The highest BCUT2D eigenvalue weighted by Crippen LogP contribution is 2.16. The van der Waals surface area contributed by atoms with Gasteiger partial charge in [-0.05, 0) is 22.9 Å². The van der Waals surface area contributed by atoms with Gasteiger partial charge in [0.25, 0.3) is 0 Å². The second-order valence-electron chi connectivity index (χ2n) is 2.89. The normalized spacial score (nSPS) is 10.8. The average molecular weight is 242 g/mol. The van der Waals surface area contributed by atoms with Crippen LogP contribution in [-0.4, -0.2) is 14.4 Å². The third-order valence-electron chi connectivity index (χ3n) is 1.74. The number of rotatable bonds is 4. The maximum absolute atomic E-state index is 11.5. The van der Waals surface area contributed by atoms with Crippen molar-refractivity contribution in [3.05, 3.63) is 42.5 Å². The highest BCUT2D eigenvalue weighted by molar-refractivity contribution is 7.86. The Morgan fingerprint density at radius 3 is 2.56 bits per heavy atom. The van der Waals surface area contributed by atoms with Crippen LogP contribution in [0.4, 0.5) is 0 Å². The van der Waals surface area contributed by atoms with Crippen molar-refractivity contribution in [2.45, 2.75) is 11.8 Å². The molecule has 0 aliphatic heterocycles. The molecule has 0 unspecified atom stereocenters. The number of benzene rings is 1. The topological polar surface area (TPSA) is 69.7 Å². The van der Waals surface area contributed by atoms with Crippen LogP contribution in [0.3, 0.4) is 0 Å². The molecular formula is C10H10O5S. The zero-order valence-corrected chi connectivity index (χ0v) is 9.36. The molecule has 1 aromatic rings. The molecule has 0 aromatic heterocycles. The van der Waals surface area contributed by atoms with Crippen LogP contribution in [0.25, 0.3) is 0 Å². The summed E-state index contributed by atoms with van der Waals surface area (Å²) in [5.41, 5.74) is 0.497. The van der Waals surface area contributed by atoms with E-state index in [1.165, 1.54) is 6.07 Å². The van der Waals surface area contributed by atoms with Gasteiger partial charge >= 0.3 is 16.1 Å². The highest BCUT2D eigenvalue weighted by atomic mass is 32.2. The van der Waals surface area contributed by atoms with Crippen LogP contribution in [0, 0.1) is 6.92 Å². The lowest BCUT2D eigenvalue weighted by Gasteiger charge is -2.05. The van der Waals surface area contributed by atoms with E-state index < -0.39 is 16.1 Å². The number of aryl methyl sites for hydroxylation is 1. The summed E-state index contributed by atoms with van der Waals surface area (Å²) in [6.45, 7) is 4.70. The molecule has 0 fully saturated rings. The number of hydrogen-bond acceptors (Lipinski definition) is 5. The number of hydrogen-bond donors (Lipinski definition) is 0. The third kappa shape index (κ3) is 2.91. The molecule has 0 saturated heterocycles. The van der Waals surface area contributed by atoms with Crippen molar-refractivity contribution < 1.29 is 22.4 Å². The van der Waals surface area contributed by atoms with E-state index in [0.717, 1.165) is 6.08 Å². The molecule has 86 valence electrons. The number of carbonyl (C=O) groups is 1. The Hall–Kier alpha value is -1.66. The molecule has 0 radical (unpaired) electrons. The second-order valence-corrected chi connectivity index (χ2v) is 4.38. The van der Waals surface area contributed by atoms with E-state index in [0.29, 0.717) is 5.56 Å². The van der Waals surface area contributed by atoms with Gasteiger partial charge < -0.3 is 0 Å². The van der Waals surface area contributed by atoms with Gasteiger partial charge in [0, 0.05) is 6.08 Å². The SMILES string of the molecule is C=CC(=O)OOS(=O)(=O)c1ccccc1C. The van der Waals surface area contributed by atoms with Crippen molar-refractivity contribution in [3.8, 4) is 0 Å². The Morgan fingerprint density at radius 2 is 2.00 bits per heavy atom. The van der Waals surface area contributed by atoms with Gasteiger partial charge in [-0.15, -0.1) is 0 Å². The zero-order valence-electron chi connectivity index (χ0n) is 8.54. The van der Waals surface area contributed by atoms with Crippen molar-refractivity contribution in [3.63, 3.8) is 0 Å². The maximum atomic E-state index is 11.5. The van der Waals surface area contributed by atoms with Crippen LogP contribution >= 0.6 is 0 Å². The monoisotopic (exact) mass is 242 g/mol. The van der Waals surface area contributed by atoms with Gasteiger partial charge in [0.15, 0.2) is 0 Å². The van der Waals surface area contributed by atoms with Crippen molar-refractivity contribution in [2.75, 3.05) is 0 Å². The molecule has 0 saturated carbocycles. The molecule has 0 heterocycles. The first kappa shape index (κ1) is 12.4. The Balaban J connectivity index is 2.91. The van der Waals surface area contributed by atoms with Crippen LogP contribution in [-0.2, 0) is 24.1 Å². The molecule has 16 heavy (non-hydrogen) atoms. The molecular weight excluding hydrogens is 232 g/mol. The summed E-state index contributed by atoms with van der Waals surface area (Å²) in [5, 5.41) is 0. The van der Waals surface area contributed by atoms with Crippen LogP contribution in [0.5, 0.6) is 0 Å². The fourth-order valence-electron chi connectivity index (χ4n) is 0.986. The van der Waals surface area contributed by atoms with E-state index in [-0.39, 0.29) is 4.90 Å². The molecule has 0 aliphatic rings. The lowest BCUT2D eigenvalue weighted by molar-refractivity contribution is -0.204. The van der Waals surface area contributed by atoms with E-state index in [1.807, 2.05) is 0 Å². The maximum Gasteiger partial charge on any atom is 0.366 e. The summed E-state index contributed by atoms with van der Waals surface area (Å²) in [4.78, 5) is 14.6. The van der Waals surface area contributed by atoms with E-state index in [9.17, 15) is 13.2 Å². The van der Waals surface area contributed by atoms with Crippen LogP contribution in [0.2, 0.25) is 0 Å². The van der Waals surface area contributed by atoms with Crippen LogP contribution in [0.1, 0.15) is 5.56 Å². The van der Waals surface area contributed by atoms with Gasteiger partial charge in [0.05, 0.1) is 0 Å². The Morgan fingerprint density at radius 1 is 1.38 bits per heavy atom. The molecule has 0 N–H and O–H groups in total. The largest absolute Gasteiger partial charge is 0.366 e. The molecule has 0 amide bonds. The van der Waals surface area contributed by atoms with E-state index >= 15 is 0 Å². The minimum Gasteiger partial charge on any atom is -0.276 e. The van der Waals surface area contributed by atoms with Crippen molar-refractivity contribution in [2.24, 2.45) is 0 Å². The summed E-state index contributed by atoms with van der Waals surface area (Å²) in [7, 11) is -4.09. The Kier molecular flexibility index (Phi) is 3.81. The van der Waals surface area contributed by atoms with Crippen molar-refractivity contribution in [1.82, 2.24) is 0 Å². The van der Waals surface area contributed by atoms with Crippen molar-refractivity contribution in [1.29, 1.82) is 0 Å². The third-order valence-corrected chi connectivity index (χ3v) is 2.98. The van der Waals surface area contributed by atoms with Gasteiger partial charge in [0.2, 0.25) is 0 Å². The molecule has 1 aromatic carbocycles. The highest BCUT2D eigenvalue weighted by Gasteiger charge is 2.20. The second kappa shape index (κ2) is 4.91. The first-order valence-electron chi connectivity index (χ1n) is 4.30. The standard InChI is InChI=1S/C10H10O5S/c1-3-10(11)14-15-16(12,13)9-7-5-4-6-8(9)2/h3-7H,1H2,2H3. The fourth-order valence-corrected chi connectivity index (χ4v) is 1.92. The van der Waals surface area contributed by atoms with E-state index in [4.69, 9.17) is 0 Å². The van der Waals surface area contributed by atoms with Crippen LogP contribution < -0.4 is 0 Å². The lowest BCUT2D eigenvalue weighted by Crippen LogP contribution is -2.11. The van der Waals surface area contributed by atoms with Gasteiger partial charge in [-0.2, -0.15) is 8.42 Å². The molecule has 0 atom stereocenters. The average Bonchev–Trinajstić information content (AvgIpc) is 2.26.